The van der Waals surface area contributed by atoms with Crippen LogP contribution in [0.2, 0.25) is 0 Å². The van der Waals surface area contributed by atoms with Crippen LogP contribution in [0.5, 0.6) is 5.75 Å². The van der Waals surface area contributed by atoms with E-state index < -0.39 is 0 Å². The number of benzene rings is 2. The predicted octanol–water partition coefficient (Wildman–Crippen LogP) is 4.37. The first-order valence-electron chi connectivity index (χ1n) is 6.11. The van der Waals surface area contributed by atoms with Crippen LogP contribution >= 0.6 is 31.9 Å². The third kappa shape index (κ3) is 3.53. The molecule has 5 heteroatoms. The van der Waals surface area contributed by atoms with E-state index in [-0.39, 0.29) is 12.6 Å². The van der Waals surface area contributed by atoms with E-state index >= 15 is 0 Å². The number of aliphatic hydroxyl groups excluding tert-OH is 1. The Morgan fingerprint density at radius 1 is 1.15 bits per heavy atom. The molecular weight excluding hydrogens is 386 g/mol. The maximum absolute atomic E-state index is 9.62. The molecule has 1 atom stereocenters. The van der Waals surface area contributed by atoms with Gasteiger partial charge < -0.3 is 15.2 Å². The van der Waals surface area contributed by atoms with Crippen molar-refractivity contribution in [2.45, 2.75) is 6.04 Å². The van der Waals surface area contributed by atoms with Crippen molar-refractivity contribution >= 4 is 37.5 Å². The van der Waals surface area contributed by atoms with Crippen LogP contribution in [-0.4, -0.2) is 18.8 Å². The molecule has 0 heterocycles. The molecule has 0 aromatic heterocycles. The third-order valence-electron chi connectivity index (χ3n) is 2.96. The predicted molar refractivity (Wildman–Crippen MR) is 88.3 cm³/mol. The summed E-state index contributed by atoms with van der Waals surface area (Å²) in [4.78, 5) is 0. The zero-order chi connectivity index (χ0) is 14.5. The van der Waals surface area contributed by atoms with E-state index in [2.05, 4.69) is 37.2 Å². The summed E-state index contributed by atoms with van der Waals surface area (Å²) in [5.41, 5.74) is 1.93. The summed E-state index contributed by atoms with van der Waals surface area (Å²) in [5, 5.41) is 12.9. The van der Waals surface area contributed by atoms with E-state index in [4.69, 9.17) is 4.74 Å². The summed E-state index contributed by atoms with van der Waals surface area (Å²) in [6.07, 6.45) is 0. The number of rotatable bonds is 5. The number of aliphatic hydroxyl groups is 1. The van der Waals surface area contributed by atoms with Gasteiger partial charge in [-0.15, -0.1) is 0 Å². The molecule has 2 aromatic carbocycles. The van der Waals surface area contributed by atoms with Gasteiger partial charge in [0.2, 0.25) is 0 Å². The molecule has 0 saturated carbocycles. The number of hydrogen-bond donors (Lipinski definition) is 2. The maximum Gasteiger partial charge on any atom is 0.133 e. The molecule has 20 heavy (non-hydrogen) atoms. The molecule has 0 radical (unpaired) electrons. The lowest BCUT2D eigenvalue weighted by Gasteiger charge is -2.19. The minimum absolute atomic E-state index is 0.000102. The highest BCUT2D eigenvalue weighted by Gasteiger charge is 2.13. The Morgan fingerprint density at radius 3 is 2.50 bits per heavy atom. The van der Waals surface area contributed by atoms with Crippen LogP contribution in [0.1, 0.15) is 11.6 Å². The number of halogens is 2. The van der Waals surface area contributed by atoms with Gasteiger partial charge >= 0.3 is 0 Å². The number of para-hydroxylation sites is 1. The molecule has 3 nitrogen and oxygen atoms in total. The molecule has 0 aliphatic carbocycles. The second-order valence-corrected chi connectivity index (χ2v) is 5.96. The van der Waals surface area contributed by atoms with Crippen molar-refractivity contribution in [3.05, 3.63) is 57.0 Å². The molecule has 0 saturated heterocycles. The average Bonchev–Trinajstić information content (AvgIpc) is 2.46. The van der Waals surface area contributed by atoms with E-state index in [1.165, 1.54) is 0 Å². The van der Waals surface area contributed by atoms with Crippen molar-refractivity contribution < 1.29 is 9.84 Å². The number of methoxy groups -OCH3 is 1. The van der Waals surface area contributed by atoms with E-state index in [1.807, 2.05) is 42.5 Å². The summed E-state index contributed by atoms with van der Waals surface area (Å²) in [6.45, 7) is 0.000102. The van der Waals surface area contributed by atoms with Crippen molar-refractivity contribution in [2.24, 2.45) is 0 Å². The summed E-state index contributed by atoms with van der Waals surface area (Å²) >= 11 is 6.95. The van der Waals surface area contributed by atoms with E-state index in [1.54, 1.807) is 7.11 Å². The van der Waals surface area contributed by atoms with Gasteiger partial charge in [-0.2, -0.15) is 0 Å². The van der Waals surface area contributed by atoms with Gasteiger partial charge in [0.1, 0.15) is 5.75 Å². The molecule has 2 aromatic rings. The number of anilines is 1. The largest absolute Gasteiger partial charge is 0.496 e. The zero-order valence-electron chi connectivity index (χ0n) is 10.9. The Bertz CT molecular complexity index is 590. The highest BCUT2D eigenvalue weighted by molar-refractivity contribution is 9.11. The Balaban J connectivity index is 2.24. The Hall–Kier alpha value is -1.04. The minimum Gasteiger partial charge on any atom is -0.496 e. The third-order valence-corrected chi connectivity index (χ3v) is 4.28. The van der Waals surface area contributed by atoms with E-state index in [0.717, 1.165) is 25.9 Å². The first-order chi connectivity index (χ1) is 9.65. The highest BCUT2D eigenvalue weighted by atomic mass is 79.9. The molecule has 0 aliphatic rings. The molecular formula is C15H15Br2NO2. The Kier molecular flexibility index (Phi) is 5.46. The van der Waals surface area contributed by atoms with Crippen LogP contribution in [0.3, 0.4) is 0 Å². The fraction of sp³-hybridized carbons (Fsp3) is 0.200. The fourth-order valence-corrected chi connectivity index (χ4v) is 2.86. The quantitative estimate of drug-likeness (QED) is 0.783. The number of hydrogen-bond acceptors (Lipinski definition) is 3. The first-order valence-corrected chi connectivity index (χ1v) is 7.69. The van der Waals surface area contributed by atoms with Crippen molar-refractivity contribution in [2.75, 3.05) is 19.0 Å². The molecule has 2 N–H and O–H groups in total. The second-order valence-electron chi connectivity index (χ2n) is 4.25. The van der Waals surface area contributed by atoms with Gasteiger partial charge in [0.05, 0.1) is 24.2 Å². The van der Waals surface area contributed by atoms with Crippen molar-refractivity contribution in [3.63, 3.8) is 0 Å². The van der Waals surface area contributed by atoms with Crippen molar-refractivity contribution in [1.29, 1.82) is 0 Å². The number of nitrogens with one attached hydrogen (secondary N) is 1. The molecule has 0 aliphatic heterocycles. The van der Waals surface area contributed by atoms with Gasteiger partial charge in [-0.25, -0.2) is 0 Å². The van der Waals surface area contributed by atoms with Crippen LogP contribution < -0.4 is 10.1 Å². The summed E-state index contributed by atoms with van der Waals surface area (Å²) < 4.78 is 7.04. The van der Waals surface area contributed by atoms with E-state index in [0.29, 0.717) is 0 Å². The zero-order valence-corrected chi connectivity index (χ0v) is 14.1. The standard InChI is InChI=1S/C15H15Br2NO2/c1-20-15-7-6-10(8-12(15)17)14(9-19)18-13-5-3-2-4-11(13)16/h2-8,14,18-19H,9H2,1H3. The molecule has 0 fully saturated rings. The highest BCUT2D eigenvalue weighted by Crippen LogP contribution is 2.31. The van der Waals surface area contributed by atoms with Gasteiger partial charge in [-0.05, 0) is 61.7 Å². The molecule has 0 spiro atoms. The van der Waals surface area contributed by atoms with Gasteiger partial charge in [0, 0.05) is 10.2 Å². The smallest absolute Gasteiger partial charge is 0.133 e. The van der Waals surface area contributed by atoms with Gasteiger partial charge in [0.15, 0.2) is 0 Å². The van der Waals surface area contributed by atoms with Crippen LogP contribution in [0.15, 0.2) is 51.4 Å². The van der Waals surface area contributed by atoms with Gasteiger partial charge in [-0.3, -0.25) is 0 Å². The van der Waals surface area contributed by atoms with Crippen molar-refractivity contribution in [3.8, 4) is 5.75 Å². The summed E-state index contributed by atoms with van der Waals surface area (Å²) in [6, 6.07) is 13.4. The van der Waals surface area contributed by atoms with Crippen LogP contribution in [-0.2, 0) is 0 Å². The van der Waals surface area contributed by atoms with E-state index in [9.17, 15) is 5.11 Å². The van der Waals surface area contributed by atoms with Gasteiger partial charge in [-0.1, -0.05) is 18.2 Å². The molecule has 0 bridgehead atoms. The molecule has 1 unspecified atom stereocenters. The van der Waals surface area contributed by atoms with Crippen molar-refractivity contribution in [1.82, 2.24) is 0 Å². The van der Waals surface area contributed by atoms with Crippen LogP contribution in [0.25, 0.3) is 0 Å². The monoisotopic (exact) mass is 399 g/mol. The number of ether oxygens (including phenoxy) is 1. The van der Waals surface area contributed by atoms with Crippen LogP contribution in [0.4, 0.5) is 5.69 Å². The normalized spacial score (nSPS) is 12.0. The van der Waals surface area contributed by atoms with Crippen LogP contribution in [0, 0.1) is 0 Å². The topological polar surface area (TPSA) is 41.5 Å². The summed E-state index contributed by atoms with van der Waals surface area (Å²) in [7, 11) is 1.63. The molecule has 0 amide bonds. The minimum atomic E-state index is -0.184. The first kappa shape index (κ1) is 15.4. The second kappa shape index (κ2) is 7.11. The molecule has 106 valence electrons. The lowest BCUT2D eigenvalue weighted by Crippen LogP contribution is -2.15. The lowest BCUT2D eigenvalue weighted by atomic mass is 10.1. The SMILES string of the molecule is COc1ccc(C(CO)Nc2ccccc2Br)cc1Br. The fourth-order valence-electron chi connectivity index (χ4n) is 1.90. The maximum atomic E-state index is 9.62. The van der Waals surface area contributed by atoms with Gasteiger partial charge in [0.25, 0.3) is 0 Å². The lowest BCUT2D eigenvalue weighted by molar-refractivity contribution is 0.276. The average molecular weight is 401 g/mol. The summed E-state index contributed by atoms with van der Waals surface area (Å²) in [5.74, 6) is 0.770. The molecule has 2 rings (SSSR count). The Labute approximate surface area is 135 Å². The Morgan fingerprint density at radius 2 is 1.90 bits per heavy atom.